The van der Waals surface area contributed by atoms with Gasteiger partial charge < -0.3 is 5.32 Å². The second kappa shape index (κ2) is 6.62. The second-order valence-electron chi connectivity index (χ2n) is 4.83. The fourth-order valence-corrected chi connectivity index (χ4v) is 3.00. The fourth-order valence-electron chi connectivity index (χ4n) is 2.37. The molecule has 0 aromatic heterocycles. The van der Waals surface area contributed by atoms with Gasteiger partial charge in [-0.3, -0.25) is 4.79 Å². The molecular formula is C14H18BrNOS. The molecule has 0 bridgehead atoms. The smallest absolute Gasteiger partial charge is 0.252 e. The summed E-state index contributed by atoms with van der Waals surface area (Å²) in [4.78, 5) is 13.0. The first-order valence-electron chi connectivity index (χ1n) is 6.46. The van der Waals surface area contributed by atoms with Crippen LogP contribution in [0.15, 0.2) is 27.6 Å². The van der Waals surface area contributed by atoms with Crippen LogP contribution in [0.3, 0.4) is 0 Å². The number of carbonyl (C=O) groups excluding carboxylic acids is 1. The molecule has 1 aromatic rings. The molecule has 1 fully saturated rings. The molecule has 0 unspecified atom stereocenters. The van der Waals surface area contributed by atoms with Crippen LogP contribution in [0.4, 0.5) is 0 Å². The summed E-state index contributed by atoms with van der Waals surface area (Å²) in [6.07, 6.45) is 7.23. The Morgan fingerprint density at radius 3 is 2.56 bits per heavy atom. The van der Waals surface area contributed by atoms with Gasteiger partial charge in [-0.25, -0.2) is 0 Å². The summed E-state index contributed by atoms with van der Waals surface area (Å²) in [5.41, 5.74) is 0.673. The Kier molecular flexibility index (Phi) is 5.13. The number of rotatable bonds is 2. The van der Waals surface area contributed by atoms with Crippen LogP contribution in [0.25, 0.3) is 0 Å². The lowest BCUT2D eigenvalue weighted by Crippen LogP contribution is -2.34. The molecule has 18 heavy (non-hydrogen) atoms. The minimum absolute atomic E-state index is 0.00433. The molecular weight excluding hydrogens is 310 g/mol. The number of benzene rings is 1. The van der Waals surface area contributed by atoms with Crippen LogP contribution in [-0.4, -0.2) is 11.9 Å². The lowest BCUT2D eigenvalue weighted by molar-refractivity contribution is 0.0932. The zero-order chi connectivity index (χ0) is 13.0. The van der Waals surface area contributed by atoms with Gasteiger partial charge in [0.2, 0.25) is 0 Å². The predicted octanol–water partition coefficient (Wildman–Crippen LogP) is 4.19. The van der Waals surface area contributed by atoms with Gasteiger partial charge in [0.1, 0.15) is 0 Å². The van der Waals surface area contributed by atoms with Gasteiger partial charge >= 0.3 is 0 Å². The fraction of sp³-hybridized carbons (Fsp3) is 0.500. The molecule has 1 aliphatic rings. The second-order valence-corrected chi connectivity index (χ2v) is 6.20. The van der Waals surface area contributed by atoms with E-state index in [1.54, 1.807) is 6.07 Å². The molecule has 1 aliphatic carbocycles. The van der Waals surface area contributed by atoms with E-state index in [9.17, 15) is 4.79 Å². The normalized spacial score (nSPS) is 17.2. The van der Waals surface area contributed by atoms with Crippen LogP contribution in [0, 0.1) is 0 Å². The average molecular weight is 328 g/mol. The molecule has 1 N–H and O–H groups in total. The van der Waals surface area contributed by atoms with E-state index in [1.807, 2.05) is 12.1 Å². The van der Waals surface area contributed by atoms with Gasteiger partial charge in [-0.05, 0) is 47.0 Å². The standard InChI is InChI=1S/C14H18BrNOS/c15-13-8-7-11(18)9-12(13)14(17)16-10-5-3-1-2-4-6-10/h7-10,18H,1-6H2,(H,16,17). The van der Waals surface area contributed by atoms with Crippen molar-refractivity contribution in [2.24, 2.45) is 0 Å². The number of thiol groups is 1. The number of carbonyl (C=O) groups is 1. The van der Waals surface area contributed by atoms with E-state index in [0.29, 0.717) is 11.6 Å². The third-order valence-electron chi connectivity index (χ3n) is 3.38. The van der Waals surface area contributed by atoms with Crippen molar-refractivity contribution < 1.29 is 4.79 Å². The summed E-state index contributed by atoms with van der Waals surface area (Å²) in [6, 6.07) is 5.87. The maximum absolute atomic E-state index is 12.2. The molecule has 2 rings (SSSR count). The van der Waals surface area contributed by atoms with Crippen LogP contribution >= 0.6 is 28.6 Å². The largest absolute Gasteiger partial charge is 0.349 e. The number of amides is 1. The topological polar surface area (TPSA) is 29.1 Å². The first-order valence-corrected chi connectivity index (χ1v) is 7.70. The maximum Gasteiger partial charge on any atom is 0.252 e. The summed E-state index contributed by atoms with van der Waals surface area (Å²) in [5.74, 6) is 0.00433. The summed E-state index contributed by atoms with van der Waals surface area (Å²) >= 11 is 7.69. The van der Waals surface area contributed by atoms with E-state index in [-0.39, 0.29) is 5.91 Å². The van der Waals surface area contributed by atoms with Crippen molar-refractivity contribution in [2.45, 2.75) is 49.5 Å². The Morgan fingerprint density at radius 2 is 1.89 bits per heavy atom. The van der Waals surface area contributed by atoms with E-state index in [0.717, 1.165) is 22.2 Å². The molecule has 1 saturated carbocycles. The predicted molar refractivity (Wildman–Crippen MR) is 80.4 cm³/mol. The molecule has 0 atom stereocenters. The highest BCUT2D eigenvalue weighted by Crippen LogP contribution is 2.22. The van der Waals surface area contributed by atoms with Gasteiger partial charge in [0.05, 0.1) is 5.56 Å². The minimum atomic E-state index is 0.00433. The summed E-state index contributed by atoms with van der Waals surface area (Å²) < 4.78 is 0.825. The lowest BCUT2D eigenvalue weighted by Gasteiger charge is -2.16. The Morgan fingerprint density at radius 1 is 1.22 bits per heavy atom. The third-order valence-corrected chi connectivity index (χ3v) is 4.35. The lowest BCUT2D eigenvalue weighted by atomic mass is 10.1. The molecule has 2 nitrogen and oxygen atoms in total. The molecule has 0 saturated heterocycles. The molecule has 0 spiro atoms. The molecule has 1 aromatic carbocycles. The average Bonchev–Trinajstić information content (AvgIpc) is 2.61. The first kappa shape index (κ1) is 13.9. The zero-order valence-electron chi connectivity index (χ0n) is 10.3. The highest BCUT2D eigenvalue weighted by Gasteiger charge is 2.17. The number of hydrogen-bond acceptors (Lipinski definition) is 2. The number of hydrogen-bond donors (Lipinski definition) is 2. The third kappa shape index (κ3) is 3.75. The van der Waals surface area contributed by atoms with Gasteiger partial charge in [-0.1, -0.05) is 25.7 Å². The molecule has 4 heteroatoms. The minimum Gasteiger partial charge on any atom is -0.349 e. The van der Waals surface area contributed by atoms with Crippen molar-refractivity contribution in [1.82, 2.24) is 5.32 Å². The van der Waals surface area contributed by atoms with Crippen molar-refractivity contribution in [1.29, 1.82) is 0 Å². The van der Waals surface area contributed by atoms with Crippen LogP contribution < -0.4 is 5.32 Å². The van der Waals surface area contributed by atoms with Gasteiger partial charge in [0.15, 0.2) is 0 Å². The van der Waals surface area contributed by atoms with Gasteiger partial charge in [-0.2, -0.15) is 0 Å². The van der Waals surface area contributed by atoms with Crippen molar-refractivity contribution in [3.8, 4) is 0 Å². The molecule has 98 valence electrons. The number of nitrogens with one attached hydrogen (secondary N) is 1. The molecule has 0 heterocycles. The van der Waals surface area contributed by atoms with Crippen LogP contribution in [0.1, 0.15) is 48.9 Å². The maximum atomic E-state index is 12.2. The van der Waals surface area contributed by atoms with Gasteiger partial charge in [-0.15, -0.1) is 12.6 Å². The summed E-state index contributed by atoms with van der Waals surface area (Å²) in [5, 5.41) is 3.14. The van der Waals surface area contributed by atoms with Crippen LogP contribution in [-0.2, 0) is 0 Å². The van der Waals surface area contributed by atoms with E-state index in [4.69, 9.17) is 0 Å². The van der Waals surface area contributed by atoms with Crippen molar-refractivity contribution >= 4 is 34.5 Å². The molecule has 1 amide bonds. The SMILES string of the molecule is O=C(NC1CCCCCC1)c1cc(S)ccc1Br. The highest BCUT2D eigenvalue weighted by molar-refractivity contribution is 9.10. The van der Waals surface area contributed by atoms with E-state index in [2.05, 4.69) is 33.9 Å². The Balaban J connectivity index is 2.04. The highest BCUT2D eigenvalue weighted by atomic mass is 79.9. The van der Waals surface area contributed by atoms with Crippen LogP contribution in [0.2, 0.25) is 0 Å². The Hall–Kier alpha value is -0.480. The van der Waals surface area contributed by atoms with Crippen LogP contribution in [0.5, 0.6) is 0 Å². The zero-order valence-corrected chi connectivity index (χ0v) is 12.8. The van der Waals surface area contributed by atoms with Gasteiger partial charge in [0.25, 0.3) is 5.91 Å². The van der Waals surface area contributed by atoms with Crippen molar-refractivity contribution in [2.75, 3.05) is 0 Å². The number of halogens is 1. The van der Waals surface area contributed by atoms with E-state index >= 15 is 0 Å². The van der Waals surface area contributed by atoms with Crippen molar-refractivity contribution in [3.05, 3.63) is 28.2 Å². The van der Waals surface area contributed by atoms with E-state index in [1.165, 1.54) is 25.7 Å². The molecule has 0 radical (unpaired) electrons. The van der Waals surface area contributed by atoms with E-state index < -0.39 is 0 Å². The Labute approximate surface area is 122 Å². The van der Waals surface area contributed by atoms with Gasteiger partial charge in [0, 0.05) is 15.4 Å². The first-order chi connectivity index (χ1) is 8.66. The Bertz CT molecular complexity index is 428. The van der Waals surface area contributed by atoms with Crippen molar-refractivity contribution in [3.63, 3.8) is 0 Å². The summed E-state index contributed by atoms with van der Waals surface area (Å²) in [7, 11) is 0. The molecule has 0 aliphatic heterocycles. The summed E-state index contributed by atoms with van der Waals surface area (Å²) in [6.45, 7) is 0. The quantitative estimate of drug-likeness (QED) is 0.619. The monoisotopic (exact) mass is 327 g/mol.